The van der Waals surface area contributed by atoms with Crippen LogP contribution in [0.15, 0.2) is 67.3 Å². The van der Waals surface area contributed by atoms with E-state index in [1.807, 2.05) is 42.5 Å². The lowest BCUT2D eigenvalue weighted by atomic mass is 10.1. The molecular formula is C14H11IN4O. The molecular weight excluding hydrogens is 367 g/mol. The third-order valence-corrected chi connectivity index (χ3v) is 3.40. The lowest BCUT2D eigenvalue weighted by Crippen LogP contribution is -1.95. The van der Waals surface area contributed by atoms with Gasteiger partial charge in [0.2, 0.25) is 0 Å². The molecule has 0 amide bonds. The Labute approximate surface area is 129 Å². The second-order valence-corrected chi connectivity index (χ2v) is 5.31. The van der Waals surface area contributed by atoms with Gasteiger partial charge in [0.25, 0.3) is 0 Å². The van der Waals surface area contributed by atoms with Gasteiger partial charge in [-0.15, -0.1) is 10.2 Å². The molecule has 0 saturated heterocycles. The maximum atomic E-state index is 5.35. The van der Waals surface area contributed by atoms with E-state index in [0.29, 0.717) is 18.0 Å². The normalized spacial score (nSPS) is 20.2. The molecule has 0 radical (unpaired) electrons. The molecule has 0 fully saturated rings. The summed E-state index contributed by atoms with van der Waals surface area (Å²) in [4.78, 5) is 0. The molecule has 5 nitrogen and oxygen atoms in total. The second kappa shape index (κ2) is 6.08. The van der Waals surface area contributed by atoms with Gasteiger partial charge in [0.05, 0.1) is 6.21 Å². The van der Waals surface area contributed by atoms with Crippen LogP contribution in [0.5, 0.6) is 0 Å². The summed E-state index contributed by atoms with van der Waals surface area (Å²) < 4.78 is 6.17. The first kappa shape index (κ1) is 13.2. The number of benzene rings is 1. The summed E-state index contributed by atoms with van der Waals surface area (Å²) >= 11 is 2.10. The van der Waals surface area contributed by atoms with Crippen LogP contribution in [-0.2, 0) is 0 Å². The number of hydrogen-bond acceptors (Lipinski definition) is 4. The maximum Gasteiger partial charge on any atom is 0.175 e. The maximum absolute atomic E-state index is 5.35. The molecule has 0 unspecified atom stereocenters. The number of furan rings is 1. The van der Waals surface area contributed by atoms with Crippen molar-refractivity contribution in [2.45, 2.75) is 12.5 Å². The monoisotopic (exact) mass is 378 g/mol. The average molecular weight is 378 g/mol. The van der Waals surface area contributed by atoms with Crippen LogP contribution in [0.25, 0.3) is 0 Å². The number of nitrogens with zero attached hydrogens (tertiary/aromatic N) is 4. The fourth-order valence-corrected chi connectivity index (χ4v) is 2.30. The van der Waals surface area contributed by atoms with Crippen LogP contribution in [0.1, 0.15) is 23.8 Å². The van der Waals surface area contributed by atoms with Gasteiger partial charge in [-0.3, -0.25) is 0 Å². The van der Waals surface area contributed by atoms with Crippen LogP contribution in [0.4, 0.5) is 0 Å². The SMILES string of the molecule is Ic1ccc(/C=N\N=C2/C[C@H](c3ccccc3)N=N2)o1. The Balaban J connectivity index is 1.64. The van der Waals surface area contributed by atoms with Crippen LogP contribution in [0.3, 0.4) is 0 Å². The number of rotatable bonds is 3. The fraction of sp³-hybridized carbons (Fsp3) is 0.143. The van der Waals surface area contributed by atoms with E-state index in [4.69, 9.17) is 4.42 Å². The van der Waals surface area contributed by atoms with Crippen molar-refractivity contribution < 1.29 is 4.42 Å². The number of hydrogen-bond donors (Lipinski definition) is 0. The highest BCUT2D eigenvalue weighted by molar-refractivity contribution is 14.1. The minimum atomic E-state index is 0.0507. The van der Waals surface area contributed by atoms with Crippen LogP contribution in [-0.4, -0.2) is 12.1 Å². The quantitative estimate of drug-likeness (QED) is 0.448. The third-order valence-electron chi connectivity index (χ3n) is 2.82. The van der Waals surface area contributed by atoms with Crippen LogP contribution in [0.2, 0.25) is 0 Å². The molecule has 1 aliphatic rings. The minimum absolute atomic E-state index is 0.0507. The molecule has 1 aromatic carbocycles. The number of azo groups is 1. The summed E-state index contributed by atoms with van der Waals surface area (Å²) in [5, 5.41) is 16.3. The molecule has 0 aliphatic carbocycles. The summed E-state index contributed by atoms with van der Waals surface area (Å²) in [5.41, 5.74) is 1.14. The molecule has 0 spiro atoms. The first-order valence-corrected chi connectivity index (χ1v) is 7.20. The molecule has 100 valence electrons. The predicted octanol–water partition coefficient (Wildman–Crippen LogP) is 4.21. The Morgan fingerprint density at radius 2 is 2.05 bits per heavy atom. The first-order chi connectivity index (χ1) is 9.81. The molecule has 20 heavy (non-hydrogen) atoms. The Hall–Kier alpha value is -1.83. The molecule has 1 aromatic heterocycles. The molecule has 2 aromatic rings. The van der Waals surface area contributed by atoms with Gasteiger partial charge in [0, 0.05) is 6.42 Å². The Morgan fingerprint density at radius 1 is 1.20 bits per heavy atom. The Bertz CT molecular complexity index is 675. The third kappa shape index (κ3) is 3.19. The topological polar surface area (TPSA) is 62.6 Å². The zero-order valence-corrected chi connectivity index (χ0v) is 12.6. The first-order valence-electron chi connectivity index (χ1n) is 6.12. The molecule has 1 atom stereocenters. The average Bonchev–Trinajstić information content (AvgIpc) is 3.09. The number of halogens is 1. The molecule has 0 saturated carbocycles. The summed E-state index contributed by atoms with van der Waals surface area (Å²) in [6, 6.07) is 13.8. The zero-order chi connectivity index (χ0) is 13.8. The highest BCUT2D eigenvalue weighted by Gasteiger charge is 2.19. The summed E-state index contributed by atoms with van der Waals surface area (Å²) in [7, 11) is 0. The van der Waals surface area contributed by atoms with Gasteiger partial charge < -0.3 is 4.42 Å². The Morgan fingerprint density at radius 3 is 2.80 bits per heavy atom. The Kier molecular flexibility index (Phi) is 4.00. The van der Waals surface area contributed by atoms with E-state index in [2.05, 4.69) is 43.0 Å². The predicted molar refractivity (Wildman–Crippen MR) is 85.1 cm³/mol. The van der Waals surface area contributed by atoms with E-state index < -0.39 is 0 Å². The standard InChI is InChI=1S/C14H11IN4O/c15-13-7-6-11(20-13)9-16-18-14-8-12(17-19-14)10-4-2-1-3-5-10/h1-7,9,12H,8H2/b16-9-,18-14+/t12-/m1/s1. The van der Waals surface area contributed by atoms with E-state index in [0.717, 1.165) is 9.33 Å². The van der Waals surface area contributed by atoms with Gasteiger partial charge in [-0.2, -0.15) is 10.2 Å². The van der Waals surface area contributed by atoms with Crippen molar-refractivity contribution >= 4 is 34.6 Å². The molecule has 3 rings (SSSR count). The van der Waals surface area contributed by atoms with Gasteiger partial charge in [-0.25, -0.2) is 0 Å². The summed E-state index contributed by atoms with van der Waals surface area (Å²) in [6.07, 6.45) is 2.25. The van der Waals surface area contributed by atoms with Gasteiger partial charge in [0.15, 0.2) is 9.60 Å². The molecule has 2 heterocycles. The van der Waals surface area contributed by atoms with Crippen molar-refractivity contribution in [3.63, 3.8) is 0 Å². The van der Waals surface area contributed by atoms with Gasteiger partial charge in [-0.05, 0) is 40.3 Å². The highest BCUT2D eigenvalue weighted by atomic mass is 127. The van der Waals surface area contributed by atoms with Crippen molar-refractivity contribution in [1.29, 1.82) is 0 Å². The van der Waals surface area contributed by atoms with E-state index in [1.165, 1.54) is 0 Å². The van der Waals surface area contributed by atoms with Crippen LogP contribution in [0, 0.1) is 3.77 Å². The van der Waals surface area contributed by atoms with Crippen molar-refractivity contribution in [3.05, 3.63) is 57.6 Å². The van der Waals surface area contributed by atoms with Gasteiger partial charge >= 0.3 is 0 Å². The van der Waals surface area contributed by atoms with E-state index in [1.54, 1.807) is 6.21 Å². The van der Waals surface area contributed by atoms with Crippen molar-refractivity contribution in [2.24, 2.45) is 20.4 Å². The van der Waals surface area contributed by atoms with Gasteiger partial charge in [-0.1, -0.05) is 30.3 Å². The van der Waals surface area contributed by atoms with Gasteiger partial charge in [0.1, 0.15) is 11.8 Å². The highest BCUT2D eigenvalue weighted by Crippen LogP contribution is 2.27. The summed E-state index contributed by atoms with van der Waals surface area (Å²) in [5.74, 6) is 1.31. The lowest BCUT2D eigenvalue weighted by Gasteiger charge is -2.02. The van der Waals surface area contributed by atoms with E-state index in [9.17, 15) is 0 Å². The van der Waals surface area contributed by atoms with Crippen molar-refractivity contribution in [3.8, 4) is 0 Å². The smallest absolute Gasteiger partial charge is 0.175 e. The van der Waals surface area contributed by atoms with E-state index >= 15 is 0 Å². The largest absolute Gasteiger partial charge is 0.449 e. The minimum Gasteiger partial charge on any atom is -0.449 e. The lowest BCUT2D eigenvalue weighted by molar-refractivity contribution is 0.531. The molecule has 1 aliphatic heterocycles. The van der Waals surface area contributed by atoms with Crippen LogP contribution < -0.4 is 0 Å². The molecule has 0 bridgehead atoms. The van der Waals surface area contributed by atoms with Crippen molar-refractivity contribution in [1.82, 2.24) is 0 Å². The summed E-state index contributed by atoms with van der Waals surface area (Å²) in [6.45, 7) is 0. The fourth-order valence-electron chi connectivity index (χ4n) is 1.86. The van der Waals surface area contributed by atoms with Crippen molar-refractivity contribution in [2.75, 3.05) is 0 Å². The van der Waals surface area contributed by atoms with E-state index in [-0.39, 0.29) is 6.04 Å². The second-order valence-electron chi connectivity index (χ2n) is 4.25. The van der Waals surface area contributed by atoms with Crippen LogP contribution >= 0.6 is 22.6 Å². The zero-order valence-electron chi connectivity index (χ0n) is 10.5. The molecule has 6 heteroatoms. The molecule has 0 N–H and O–H groups in total. The number of amidine groups is 1.